The zero-order valence-corrected chi connectivity index (χ0v) is 17.6. The number of ether oxygens (including phenoxy) is 1. The van der Waals surface area contributed by atoms with Crippen LogP contribution in [-0.4, -0.2) is 15.5 Å². The van der Waals surface area contributed by atoms with Crippen molar-refractivity contribution in [3.8, 4) is 11.5 Å². The van der Waals surface area contributed by atoms with Gasteiger partial charge in [0.05, 0.1) is 10.2 Å². The van der Waals surface area contributed by atoms with Crippen LogP contribution < -0.4 is 14.9 Å². The van der Waals surface area contributed by atoms with Crippen LogP contribution in [0.15, 0.2) is 53.3 Å². The molecule has 4 aromatic rings. The maximum absolute atomic E-state index is 12.3. The topological polar surface area (TPSA) is 73.2 Å². The first kappa shape index (κ1) is 19.4. The lowest BCUT2D eigenvalue weighted by atomic mass is 10.3. The Morgan fingerprint density at radius 3 is 2.62 bits per heavy atom. The van der Waals surface area contributed by atoms with Crippen LogP contribution in [0.3, 0.4) is 0 Å². The largest absolute Gasteiger partial charge is 0.457 e. The van der Waals surface area contributed by atoms with Crippen molar-refractivity contribution in [3.63, 3.8) is 0 Å². The summed E-state index contributed by atoms with van der Waals surface area (Å²) >= 11 is 2.60. The highest BCUT2D eigenvalue weighted by molar-refractivity contribution is 7.22. The molecule has 2 heterocycles. The van der Waals surface area contributed by atoms with E-state index in [0.717, 1.165) is 26.5 Å². The third-order valence-electron chi connectivity index (χ3n) is 4.52. The number of para-hydroxylation sites is 1. The van der Waals surface area contributed by atoms with Gasteiger partial charge in [0, 0.05) is 29.6 Å². The molecule has 0 saturated heterocycles. The Bertz CT molecular complexity index is 1230. The molecule has 2 aromatic carbocycles. The summed E-state index contributed by atoms with van der Waals surface area (Å²) in [5.41, 5.74) is 1.71. The first-order valence-electron chi connectivity index (χ1n) is 9.10. The monoisotopic (exact) mass is 425 g/mol. The van der Waals surface area contributed by atoms with Gasteiger partial charge in [0.15, 0.2) is 5.13 Å². The summed E-state index contributed by atoms with van der Waals surface area (Å²) in [4.78, 5) is 29.7. The third-order valence-corrected chi connectivity index (χ3v) is 6.45. The SMILES string of the molecule is Cc1sc(=O)n(CCC(=O)Nc2nc3ccc(Oc4ccccc4)cc3s2)c1C. The lowest BCUT2D eigenvalue weighted by molar-refractivity contribution is -0.116. The minimum absolute atomic E-state index is 0.0290. The lowest BCUT2D eigenvalue weighted by Gasteiger charge is -2.04. The molecule has 0 radical (unpaired) electrons. The Balaban J connectivity index is 1.42. The zero-order chi connectivity index (χ0) is 20.4. The molecule has 0 aliphatic carbocycles. The van der Waals surface area contributed by atoms with Gasteiger partial charge < -0.3 is 14.6 Å². The smallest absolute Gasteiger partial charge is 0.307 e. The first-order chi connectivity index (χ1) is 14.0. The number of rotatable bonds is 6. The Morgan fingerprint density at radius 1 is 1.10 bits per heavy atom. The van der Waals surface area contributed by atoms with E-state index < -0.39 is 0 Å². The molecule has 2 aromatic heterocycles. The number of hydrogen-bond acceptors (Lipinski definition) is 6. The van der Waals surface area contributed by atoms with E-state index in [2.05, 4.69) is 10.3 Å². The molecule has 148 valence electrons. The molecule has 0 unspecified atom stereocenters. The molecule has 4 rings (SSSR count). The fourth-order valence-electron chi connectivity index (χ4n) is 2.89. The van der Waals surface area contributed by atoms with E-state index in [1.165, 1.54) is 22.7 Å². The van der Waals surface area contributed by atoms with Gasteiger partial charge in [-0.05, 0) is 38.1 Å². The number of benzene rings is 2. The Hall–Kier alpha value is -2.97. The predicted octanol–water partition coefficient (Wildman–Crippen LogP) is 4.96. The van der Waals surface area contributed by atoms with E-state index in [1.54, 1.807) is 4.57 Å². The number of carbonyl (C=O) groups is 1. The van der Waals surface area contributed by atoms with E-state index in [9.17, 15) is 9.59 Å². The third kappa shape index (κ3) is 4.38. The highest BCUT2D eigenvalue weighted by atomic mass is 32.1. The second kappa shape index (κ2) is 8.18. The summed E-state index contributed by atoms with van der Waals surface area (Å²) in [5.74, 6) is 1.31. The number of amides is 1. The number of fused-ring (bicyclic) bond motifs is 1. The van der Waals surface area contributed by atoms with Gasteiger partial charge in [0.2, 0.25) is 5.91 Å². The number of aromatic nitrogens is 2. The van der Waals surface area contributed by atoms with Crippen LogP contribution in [0.2, 0.25) is 0 Å². The summed E-state index contributed by atoms with van der Waals surface area (Å²) in [5, 5.41) is 3.37. The molecule has 0 spiro atoms. The number of carbonyl (C=O) groups excluding carboxylic acids is 1. The van der Waals surface area contributed by atoms with Gasteiger partial charge in [-0.15, -0.1) is 0 Å². The van der Waals surface area contributed by atoms with E-state index in [0.29, 0.717) is 17.4 Å². The van der Waals surface area contributed by atoms with Gasteiger partial charge in [-0.25, -0.2) is 4.98 Å². The van der Waals surface area contributed by atoms with Crippen molar-refractivity contribution in [1.29, 1.82) is 0 Å². The standard InChI is InChI=1S/C21H19N3O3S2/c1-13-14(2)28-21(26)24(13)11-10-19(25)23-20-22-17-9-8-16(12-18(17)29-20)27-15-6-4-3-5-7-15/h3-9,12H,10-11H2,1-2H3,(H,22,23,25). The summed E-state index contributed by atoms with van der Waals surface area (Å²) in [6, 6.07) is 15.2. The molecule has 0 fully saturated rings. The summed E-state index contributed by atoms with van der Waals surface area (Å²) in [6.07, 6.45) is 0.217. The van der Waals surface area contributed by atoms with Crippen molar-refractivity contribution in [2.45, 2.75) is 26.8 Å². The highest BCUT2D eigenvalue weighted by Gasteiger charge is 2.12. The average Bonchev–Trinajstić information content (AvgIpc) is 3.20. The quantitative estimate of drug-likeness (QED) is 0.474. The molecule has 6 nitrogen and oxygen atoms in total. The van der Waals surface area contributed by atoms with Crippen LogP contribution in [-0.2, 0) is 11.3 Å². The zero-order valence-electron chi connectivity index (χ0n) is 16.0. The minimum atomic E-state index is -0.167. The van der Waals surface area contributed by atoms with Crippen molar-refractivity contribution >= 4 is 43.9 Å². The van der Waals surface area contributed by atoms with Crippen molar-refractivity contribution in [2.75, 3.05) is 5.32 Å². The van der Waals surface area contributed by atoms with Crippen LogP contribution in [0.4, 0.5) is 5.13 Å². The highest BCUT2D eigenvalue weighted by Crippen LogP contribution is 2.31. The molecule has 8 heteroatoms. The van der Waals surface area contributed by atoms with Gasteiger partial charge in [-0.3, -0.25) is 9.59 Å². The second-order valence-corrected chi connectivity index (χ2v) is 8.72. The molecule has 1 amide bonds. The van der Waals surface area contributed by atoms with Gasteiger partial charge in [0.1, 0.15) is 11.5 Å². The molecule has 0 bridgehead atoms. The van der Waals surface area contributed by atoms with Gasteiger partial charge >= 0.3 is 4.87 Å². The molecule has 1 N–H and O–H groups in total. The normalized spacial score (nSPS) is 11.0. The van der Waals surface area contributed by atoms with Crippen LogP contribution in [0.25, 0.3) is 10.2 Å². The summed E-state index contributed by atoms with van der Waals surface area (Å²) in [6.45, 7) is 4.17. The van der Waals surface area contributed by atoms with Crippen LogP contribution >= 0.6 is 22.7 Å². The number of anilines is 1. The van der Waals surface area contributed by atoms with Crippen LogP contribution in [0.1, 0.15) is 17.0 Å². The van der Waals surface area contributed by atoms with E-state index in [-0.39, 0.29) is 17.2 Å². The van der Waals surface area contributed by atoms with Crippen LogP contribution in [0.5, 0.6) is 11.5 Å². The number of hydrogen-bond donors (Lipinski definition) is 1. The second-order valence-electron chi connectivity index (χ2n) is 6.52. The number of aryl methyl sites for hydroxylation is 1. The maximum Gasteiger partial charge on any atom is 0.307 e. The fourth-order valence-corrected chi connectivity index (χ4v) is 4.66. The lowest BCUT2D eigenvalue weighted by Crippen LogP contribution is -2.20. The van der Waals surface area contributed by atoms with E-state index in [1.807, 2.05) is 62.4 Å². The molecule has 29 heavy (non-hydrogen) atoms. The Morgan fingerprint density at radius 2 is 1.90 bits per heavy atom. The van der Waals surface area contributed by atoms with Crippen molar-refractivity contribution < 1.29 is 9.53 Å². The van der Waals surface area contributed by atoms with Gasteiger partial charge in [-0.2, -0.15) is 0 Å². The molecular weight excluding hydrogens is 406 g/mol. The molecule has 0 saturated carbocycles. The first-order valence-corrected chi connectivity index (χ1v) is 10.7. The van der Waals surface area contributed by atoms with Gasteiger partial charge in [0.25, 0.3) is 0 Å². The average molecular weight is 426 g/mol. The van der Waals surface area contributed by atoms with Crippen molar-refractivity contribution in [3.05, 3.63) is 68.8 Å². The minimum Gasteiger partial charge on any atom is -0.457 e. The maximum atomic E-state index is 12.3. The summed E-state index contributed by atoms with van der Waals surface area (Å²) in [7, 11) is 0. The van der Waals surface area contributed by atoms with E-state index in [4.69, 9.17) is 4.74 Å². The Labute approximate surface area is 175 Å². The van der Waals surface area contributed by atoms with Crippen molar-refractivity contribution in [1.82, 2.24) is 9.55 Å². The van der Waals surface area contributed by atoms with E-state index >= 15 is 0 Å². The van der Waals surface area contributed by atoms with Crippen molar-refractivity contribution in [2.24, 2.45) is 0 Å². The number of thiazole rings is 2. The predicted molar refractivity (Wildman–Crippen MR) is 117 cm³/mol. The van der Waals surface area contributed by atoms with Gasteiger partial charge in [-0.1, -0.05) is 40.9 Å². The summed E-state index contributed by atoms with van der Waals surface area (Å²) < 4.78 is 8.42. The molecule has 0 atom stereocenters. The molecule has 0 aliphatic rings. The fraction of sp³-hybridized carbons (Fsp3) is 0.190. The van der Waals surface area contributed by atoms with Crippen LogP contribution in [0, 0.1) is 13.8 Å². The number of nitrogens with one attached hydrogen (secondary N) is 1. The Kier molecular flexibility index (Phi) is 5.46. The molecule has 0 aliphatic heterocycles. The number of nitrogens with zero attached hydrogens (tertiary/aromatic N) is 2. The molecular formula is C21H19N3O3S2.